The molecule has 0 aliphatic heterocycles. The van der Waals surface area contributed by atoms with Crippen molar-refractivity contribution in [1.82, 2.24) is 14.8 Å². The number of carbonyl (C=O) groups excluding carboxylic acids is 1. The molecule has 0 aliphatic rings. The van der Waals surface area contributed by atoms with E-state index in [0.29, 0.717) is 5.75 Å². The third kappa shape index (κ3) is 4.66. The van der Waals surface area contributed by atoms with E-state index < -0.39 is 23.3 Å². The molecular formula is C17H13N5O6. The number of hydrogen-bond acceptors (Lipinski definition) is 7. The molecule has 0 radical (unpaired) electrons. The summed E-state index contributed by atoms with van der Waals surface area (Å²) in [5.41, 5.74) is -0.207. The van der Waals surface area contributed by atoms with Gasteiger partial charge in [0.15, 0.2) is 5.69 Å². The molecule has 2 N–H and O–H groups in total. The van der Waals surface area contributed by atoms with Crippen molar-refractivity contribution < 1.29 is 24.4 Å². The number of aromatic nitrogens is 3. The number of nitro groups is 1. The SMILES string of the molecule is O=C(O)Cn1ccc(C(=O)Nc2cc(Oc3cccnc3)cc([N+](=O)[O-])c2)n1. The molecule has 3 rings (SSSR count). The van der Waals surface area contributed by atoms with Crippen molar-refractivity contribution in [2.24, 2.45) is 0 Å². The number of amides is 1. The van der Waals surface area contributed by atoms with Gasteiger partial charge in [-0.3, -0.25) is 29.4 Å². The van der Waals surface area contributed by atoms with E-state index in [1.807, 2.05) is 0 Å². The molecule has 11 nitrogen and oxygen atoms in total. The van der Waals surface area contributed by atoms with Crippen molar-refractivity contribution >= 4 is 23.3 Å². The molecule has 0 aliphatic carbocycles. The van der Waals surface area contributed by atoms with Gasteiger partial charge in [-0.25, -0.2) is 0 Å². The highest BCUT2D eigenvalue weighted by molar-refractivity contribution is 6.03. The van der Waals surface area contributed by atoms with Crippen LogP contribution in [0.4, 0.5) is 11.4 Å². The van der Waals surface area contributed by atoms with Crippen molar-refractivity contribution in [3.63, 3.8) is 0 Å². The molecule has 0 saturated heterocycles. The lowest BCUT2D eigenvalue weighted by molar-refractivity contribution is -0.384. The van der Waals surface area contributed by atoms with Crippen LogP contribution in [0.5, 0.6) is 11.5 Å². The van der Waals surface area contributed by atoms with Crippen LogP contribution in [0.25, 0.3) is 0 Å². The highest BCUT2D eigenvalue weighted by Crippen LogP contribution is 2.29. The second-order valence-electron chi connectivity index (χ2n) is 5.51. The fourth-order valence-corrected chi connectivity index (χ4v) is 2.27. The average molecular weight is 383 g/mol. The Hall–Kier alpha value is -4.28. The highest BCUT2D eigenvalue weighted by atomic mass is 16.6. The van der Waals surface area contributed by atoms with Gasteiger partial charge < -0.3 is 15.2 Å². The zero-order valence-corrected chi connectivity index (χ0v) is 14.2. The summed E-state index contributed by atoms with van der Waals surface area (Å²) in [7, 11) is 0. The molecule has 142 valence electrons. The lowest BCUT2D eigenvalue weighted by Gasteiger charge is -2.08. The van der Waals surface area contributed by atoms with E-state index in [-0.39, 0.29) is 22.8 Å². The Morgan fingerprint density at radius 2 is 2.07 bits per heavy atom. The Balaban J connectivity index is 1.82. The van der Waals surface area contributed by atoms with Gasteiger partial charge in [0.1, 0.15) is 18.0 Å². The minimum atomic E-state index is -1.11. The Bertz CT molecular complexity index is 1030. The number of nitrogens with zero attached hydrogens (tertiary/aromatic N) is 4. The Kier molecular flexibility index (Phi) is 5.25. The molecule has 3 aromatic rings. The van der Waals surface area contributed by atoms with Crippen LogP contribution in [0.3, 0.4) is 0 Å². The van der Waals surface area contributed by atoms with E-state index in [9.17, 15) is 19.7 Å². The first kappa shape index (κ1) is 18.5. The van der Waals surface area contributed by atoms with Crippen LogP contribution in [-0.2, 0) is 11.3 Å². The van der Waals surface area contributed by atoms with Crippen LogP contribution in [-0.4, -0.2) is 36.7 Å². The van der Waals surface area contributed by atoms with Crippen LogP contribution >= 0.6 is 0 Å². The number of carboxylic acid groups (broad SMARTS) is 1. The van der Waals surface area contributed by atoms with Gasteiger partial charge in [0.2, 0.25) is 0 Å². The quantitative estimate of drug-likeness (QED) is 0.466. The molecule has 0 unspecified atom stereocenters. The Morgan fingerprint density at radius 1 is 1.25 bits per heavy atom. The first-order valence-corrected chi connectivity index (χ1v) is 7.84. The molecule has 1 amide bonds. The van der Waals surface area contributed by atoms with Crippen LogP contribution in [0.15, 0.2) is 55.0 Å². The van der Waals surface area contributed by atoms with Crippen LogP contribution in [0.2, 0.25) is 0 Å². The van der Waals surface area contributed by atoms with Crippen LogP contribution in [0, 0.1) is 10.1 Å². The number of nitrogens with one attached hydrogen (secondary N) is 1. The summed E-state index contributed by atoms with van der Waals surface area (Å²) in [5.74, 6) is -1.26. The molecular weight excluding hydrogens is 370 g/mol. The number of carbonyl (C=O) groups is 2. The number of ether oxygens (including phenoxy) is 1. The molecule has 0 atom stereocenters. The summed E-state index contributed by atoms with van der Waals surface area (Å²) in [6.07, 6.45) is 4.33. The van der Waals surface area contributed by atoms with Gasteiger partial charge in [0, 0.05) is 24.5 Å². The van der Waals surface area contributed by atoms with Crippen molar-refractivity contribution in [2.45, 2.75) is 6.54 Å². The maximum atomic E-state index is 12.3. The van der Waals surface area contributed by atoms with E-state index >= 15 is 0 Å². The van der Waals surface area contributed by atoms with Gasteiger partial charge in [-0.15, -0.1) is 0 Å². The zero-order valence-electron chi connectivity index (χ0n) is 14.2. The van der Waals surface area contributed by atoms with E-state index in [0.717, 1.165) is 4.68 Å². The molecule has 0 bridgehead atoms. The summed E-state index contributed by atoms with van der Waals surface area (Å²) in [6.45, 7) is -0.396. The van der Waals surface area contributed by atoms with Gasteiger partial charge in [0.25, 0.3) is 11.6 Å². The van der Waals surface area contributed by atoms with Crippen LogP contribution in [0.1, 0.15) is 10.5 Å². The van der Waals surface area contributed by atoms with Crippen LogP contribution < -0.4 is 10.1 Å². The van der Waals surface area contributed by atoms with Gasteiger partial charge in [-0.2, -0.15) is 5.10 Å². The molecule has 0 fully saturated rings. The number of benzene rings is 1. The fourth-order valence-electron chi connectivity index (χ4n) is 2.27. The molecule has 2 heterocycles. The van der Waals surface area contributed by atoms with Crippen molar-refractivity contribution in [3.05, 3.63) is 70.8 Å². The maximum absolute atomic E-state index is 12.3. The predicted molar refractivity (Wildman–Crippen MR) is 95.2 cm³/mol. The van der Waals surface area contributed by atoms with Crippen molar-refractivity contribution in [1.29, 1.82) is 0 Å². The highest BCUT2D eigenvalue weighted by Gasteiger charge is 2.16. The summed E-state index contributed by atoms with van der Waals surface area (Å²) < 4.78 is 6.63. The van der Waals surface area contributed by atoms with Crippen molar-refractivity contribution in [2.75, 3.05) is 5.32 Å². The minimum absolute atomic E-state index is 0.0394. The van der Waals surface area contributed by atoms with E-state index in [1.165, 1.54) is 36.7 Å². The number of anilines is 1. The van der Waals surface area contributed by atoms with Gasteiger partial charge in [-0.1, -0.05) is 0 Å². The average Bonchev–Trinajstić information content (AvgIpc) is 3.10. The van der Waals surface area contributed by atoms with Crippen molar-refractivity contribution in [3.8, 4) is 11.5 Å². The lowest BCUT2D eigenvalue weighted by atomic mass is 10.2. The lowest BCUT2D eigenvalue weighted by Crippen LogP contribution is -2.15. The fraction of sp³-hybridized carbons (Fsp3) is 0.0588. The first-order chi connectivity index (χ1) is 13.4. The summed E-state index contributed by atoms with van der Waals surface area (Å²) in [6, 6.07) is 8.39. The predicted octanol–water partition coefficient (Wildman–Crippen LogP) is 2.32. The van der Waals surface area contributed by atoms with E-state index in [1.54, 1.807) is 18.3 Å². The number of pyridine rings is 1. The topological polar surface area (TPSA) is 149 Å². The molecule has 0 saturated carbocycles. The number of nitro benzene ring substituents is 1. The van der Waals surface area contributed by atoms with Gasteiger partial charge in [0.05, 0.1) is 22.9 Å². The largest absolute Gasteiger partial charge is 0.480 e. The summed E-state index contributed by atoms with van der Waals surface area (Å²) >= 11 is 0. The molecule has 28 heavy (non-hydrogen) atoms. The Labute approximate surface area is 157 Å². The normalized spacial score (nSPS) is 10.3. The summed E-state index contributed by atoms with van der Waals surface area (Å²) in [4.78, 5) is 37.4. The smallest absolute Gasteiger partial charge is 0.325 e. The second-order valence-corrected chi connectivity index (χ2v) is 5.51. The van der Waals surface area contributed by atoms with Gasteiger partial charge in [-0.05, 0) is 18.2 Å². The number of non-ortho nitro benzene ring substituents is 1. The third-order valence-corrected chi connectivity index (χ3v) is 3.40. The Morgan fingerprint density at radius 3 is 2.75 bits per heavy atom. The minimum Gasteiger partial charge on any atom is -0.480 e. The van der Waals surface area contributed by atoms with E-state index in [2.05, 4.69) is 15.4 Å². The third-order valence-electron chi connectivity index (χ3n) is 3.40. The first-order valence-electron chi connectivity index (χ1n) is 7.84. The molecule has 11 heteroatoms. The molecule has 1 aromatic carbocycles. The summed E-state index contributed by atoms with van der Waals surface area (Å²) in [5, 5.41) is 26.2. The molecule has 2 aromatic heterocycles. The number of aliphatic carboxylic acids is 1. The maximum Gasteiger partial charge on any atom is 0.325 e. The number of rotatable bonds is 7. The second kappa shape index (κ2) is 7.95. The van der Waals surface area contributed by atoms with Gasteiger partial charge >= 0.3 is 5.97 Å². The number of hydrogen-bond donors (Lipinski definition) is 2. The number of carboxylic acids is 1. The zero-order chi connectivity index (χ0) is 20.1. The standard InChI is InChI=1S/C17H13N5O6/c23-16(24)10-21-5-3-15(20-21)17(25)19-11-6-12(22(26)27)8-14(7-11)28-13-2-1-4-18-9-13/h1-9H,10H2,(H,19,25)(H,23,24). The van der Waals surface area contributed by atoms with E-state index in [4.69, 9.17) is 9.84 Å². The monoisotopic (exact) mass is 383 g/mol. The molecule has 0 spiro atoms.